The molecule has 0 spiro atoms. The summed E-state index contributed by atoms with van der Waals surface area (Å²) >= 11 is 0. The molecule has 1 fully saturated rings. The van der Waals surface area contributed by atoms with Crippen LogP contribution in [0.15, 0.2) is 10.6 Å². The van der Waals surface area contributed by atoms with Gasteiger partial charge in [0.25, 0.3) is 0 Å². The van der Waals surface area contributed by atoms with E-state index in [1.807, 2.05) is 25.7 Å². The second-order valence-corrected chi connectivity index (χ2v) is 8.80. The Bertz CT molecular complexity index is 655. The highest BCUT2D eigenvalue weighted by atomic mass is 32.2. The molecule has 0 unspecified atom stereocenters. The third-order valence-corrected chi connectivity index (χ3v) is 5.01. The molecule has 0 aliphatic carbocycles. The quantitative estimate of drug-likeness (QED) is 0.854. The predicted molar refractivity (Wildman–Crippen MR) is 86.7 cm³/mol. The second-order valence-electron chi connectivity index (χ2n) is 6.81. The zero-order valence-corrected chi connectivity index (χ0v) is 14.8. The van der Waals surface area contributed by atoms with Crippen molar-refractivity contribution in [3.05, 3.63) is 11.8 Å². The van der Waals surface area contributed by atoms with Crippen LogP contribution in [0, 0.1) is 0 Å². The molecule has 1 saturated heterocycles. The van der Waals surface area contributed by atoms with E-state index in [9.17, 15) is 13.2 Å². The van der Waals surface area contributed by atoms with Crippen molar-refractivity contribution in [3.63, 3.8) is 0 Å². The van der Waals surface area contributed by atoms with Crippen LogP contribution in [0.3, 0.4) is 0 Å². The smallest absolute Gasteiger partial charge is 0.240 e. The van der Waals surface area contributed by atoms with Gasteiger partial charge in [-0.15, -0.1) is 0 Å². The first-order chi connectivity index (χ1) is 10.6. The van der Waals surface area contributed by atoms with Gasteiger partial charge in [-0.1, -0.05) is 25.9 Å². The fraction of sp³-hybridized carbons (Fsp3) is 0.714. The predicted octanol–water partition coefficient (Wildman–Crippen LogP) is 0.488. The minimum Gasteiger partial charge on any atom is -0.338 e. The highest BCUT2D eigenvalue weighted by Gasteiger charge is 2.25. The number of nitrogens with zero attached hydrogens (tertiary/aromatic N) is 3. The second kappa shape index (κ2) is 6.58. The van der Waals surface area contributed by atoms with E-state index in [0.29, 0.717) is 32.1 Å². The zero-order valence-electron chi connectivity index (χ0n) is 14.0. The molecule has 2 heterocycles. The summed E-state index contributed by atoms with van der Waals surface area (Å²) in [5.41, 5.74) is 0.628. The van der Waals surface area contributed by atoms with Gasteiger partial charge in [0.05, 0.1) is 18.5 Å². The first kappa shape index (κ1) is 17.9. The number of carbonyl (C=O) groups is 1. The Balaban J connectivity index is 1.83. The molecular weight excluding hydrogens is 320 g/mol. The number of amides is 1. The Morgan fingerprint density at radius 2 is 1.91 bits per heavy atom. The van der Waals surface area contributed by atoms with E-state index in [0.717, 1.165) is 5.69 Å². The van der Waals surface area contributed by atoms with E-state index in [4.69, 9.17) is 4.52 Å². The SMILES string of the molecule is CC(C)(C)c1cc(NC(=O)CN2CCN(S(C)(=O)=O)CC2)on1. The van der Waals surface area contributed by atoms with Crippen molar-refractivity contribution < 1.29 is 17.7 Å². The van der Waals surface area contributed by atoms with Crippen LogP contribution in [-0.4, -0.2) is 67.7 Å². The fourth-order valence-electron chi connectivity index (χ4n) is 2.29. The van der Waals surface area contributed by atoms with Gasteiger partial charge < -0.3 is 4.52 Å². The summed E-state index contributed by atoms with van der Waals surface area (Å²) in [5, 5.41) is 6.63. The normalized spacial score (nSPS) is 18.1. The number of piperazine rings is 1. The third-order valence-electron chi connectivity index (χ3n) is 3.71. The fourth-order valence-corrected chi connectivity index (χ4v) is 3.11. The van der Waals surface area contributed by atoms with Crippen molar-refractivity contribution in [1.29, 1.82) is 0 Å². The Labute approximate surface area is 136 Å². The van der Waals surface area contributed by atoms with E-state index < -0.39 is 10.0 Å². The standard InChI is InChI=1S/C14H24N4O4S/c1-14(2,3)11-9-13(22-16-11)15-12(19)10-17-5-7-18(8-6-17)23(4,20)21/h9H,5-8,10H2,1-4H3,(H,15,19). The van der Waals surface area contributed by atoms with Gasteiger partial charge in [0.2, 0.25) is 21.8 Å². The monoisotopic (exact) mass is 344 g/mol. The average Bonchev–Trinajstić information content (AvgIpc) is 2.86. The van der Waals surface area contributed by atoms with Gasteiger partial charge in [0, 0.05) is 37.7 Å². The highest BCUT2D eigenvalue weighted by molar-refractivity contribution is 7.88. The molecule has 23 heavy (non-hydrogen) atoms. The Hall–Kier alpha value is -1.45. The van der Waals surface area contributed by atoms with Crippen molar-refractivity contribution in [1.82, 2.24) is 14.4 Å². The lowest BCUT2D eigenvalue weighted by molar-refractivity contribution is -0.117. The van der Waals surface area contributed by atoms with Crippen molar-refractivity contribution in [3.8, 4) is 0 Å². The van der Waals surface area contributed by atoms with Gasteiger partial charge >= 0.3 is 0 Å². The lowest BCUT2D eigenvalue weighted by atomic mass is 9.92. The van der Waals surface area contributed by atoms with E-state index >= 15 is 0 Å². The zero-order chi connectivity index (χ0) is 17.3. The lowest BCUT2D eigenvalue weighted by Gasteiger charge is -2.32. The molecule has 1 aromatic rings. The van der Waals surface area contributed by atoms with Gasteiger partial charge in [-0.2, -0.15) is 4.31 Å². The summed E-state index contributed by atoms with van der Waals surface area (Å²) < 4.78 is 29.4. The number of hydrogen-bond donors (Lipinski definition) is 1. The molecule has 0 atom stereocenters. The highest BCUT2D eigenvalue weighted by Crippen LogP contribution is 2.23. The van der Waals surface area contributed by atoms with Crippen LogP contribution in [0.2, 0.25) is 0 Å². The third kappa shape index (κ3) is 5.02. The number of anilines is 1. The van der Waals surface area contributed by atoms with Crippen LogP contribution in [-0.2, 0) is 20.2 Å². The molecule has 2 rings (SSSR count). The molecule has 1 amide bonds. The van der Waals surface area contributed by atoms with Crippen LogP contribution >= 0.6 is 0 Å². The Morgan fingerprint density at radius 1 is 1.30 bits per heavy atom. The molecule has 8 nitrogen and oxygen atoms in total. The molecule has 0 bridgehead atoms. The van der Waals surface area contributed by atoms with Crippen molar-refractivity contribution in [2.45, 2.75) is 26.2 Å². The molecule has 1 N–H and O–H groups in total. The summed E-state index contributed by atoms with van der Waals surface area (Å²) in [7, 11) is -3.15. The van der Waals surface area contributed by atoms with Crippen LogP contribution in [0.4, 0.5) is 5.88 Å². The lowest BCUT2D eigenvalue weighted by Crippen LogP contribution is -2.50. The van der Waals surface area contributed by atoms with Crippen LogP contribution in [0.25, 0.3) is 0 Å². The number of aromatic nitrogens is 1. The summed E-state index contributed by atoms with van der Waals surface area (Å²) in [5.74, 6) is 0.129. The van der Waals surface area contributed by atoms with E-state index in [2.05, 4.69) is 10.5 Å². The van der Waals surface area contributed by atoms with Gasteiger partial charge in [-0.3, -0.25) is 15.0 Å². The first-order valence-electron chi connectivity index (χ1n) is 7.50. The maximum absolute atomic E-state index is 12.0. The number of hydrogen-bond acceptors (Lipinski definition) is 6. The summed E-state index contributed by atoms with van der Waals surface area (Å²) in [4.78, 5) is 14.0. The molecule has 0 radical (unpaired) electrons. The maximum Gasteiger partial charge on any atom is 0.240 e. The largest absolute Gasteiger partial charge is 0.338 e. The van der Waals surface area contributed by atoms with Gasteiger partial charge in [-0.05, 0) is 0 Å². The van der Waals surface area contributed by atoms with Gasteiger partial charge in [-0.25, -0.2) is 8.42 Å². The molecule has 0 saturated carbocycles. The molecule has 0 aromatic carbocycles. The van der Waals surface area contributed by atoms with E-state index in [1.54, 1.807) is 6.07 Å². The van der Waals surface area contributed by atoms with Crippen LogP contribution in [0.1, 0.15) is 26.5 Å². The number of nitrogens with one attached hydrogen (secondary N) is 1. The number of sulfonamides is 1. The average molecular weight is 344 g/mol. The summed E-state index contributed by atoms with van der Waals surface area (Å²) in [6.07, 6.45) is 1.20. The topological polar surface area (TPSA) is 95.8 Å². The maximum atomic E-state index is 12.0. The number of rotatable bonds is 4. The van der Waals surface area contributed by atoms with Crippen LogP contribution in [0.5, 0.6) is 0 Å². The number of carbonyl (C=O) groups excluding carboxylic acids is 1. The van der Waals surface area contributed by atoms with Crippen molar-refractivity contribution in [2.24, 2.45) is 0 Å². The molecule has 1 aliphatic heterocycles. The van der Waals surface area contributed by atoms with Crippen molar-refractivity contribution >= 4 is 21.8 Å². The first-order valence-corrected chi connectivity index (χ1v) is 9.35. The van der Waals surface area contributed by atoms with Crippen molar-refractivity contribution in [2.75, 3.05) is 44.3 Å². The molecule has 9 heteroatoms. The summed E-state index contributed by atoms with van der Waals surface area (Å²) in [6, 6.07) is 1.72. The Morgan fingerprint density at radius 3 is 2.39 bits per heavy atom. The Kier molecular flexibility index (Phi) is 5.12. The molecule has 1 aromatic heterocycles. The molecule has 1 aliphatic rings. The van der Waals surface area contributed by atoms with E-state index in [1.165, 1.54) is 10.6 Å². The minimum absolute atomic E-state index is 0.144. The van der Waals surface area contributed by atoms with E-state index in [-0.39, 0.29) is 17.9 Å². The molecular formula is C14H24N4O4S. The van der Waals surface area contributed by atoms with Gasteiger partial charge in [0.1, 0.15) is 0 Å². The molecule has 130 valence electrons. The summed E-state index contributed by atoms with van der Waals surface area (Å²) in [6.45, 7) is 8.11. The van der Waals surface area contributed by atoms with Gasteiger partial charge in [0.15, 0.2) is 0 Å². The van der Waals surface area contributed by atoms with Crippen LogP contribution < -0.4 is 5.32 Å². The minimum atomic E-state index is -3.15.